The normalized spacial score (nSPS) is 10.0. The lowest BCUT2D eigenvalue weighted by Crippen LogP contribution is -2.14. The SMILES string of the molecule is COc1ccc(C(=O)Nc2ccc(OCC(=O)O)c(Cl)c2)nn1. The number of hydrogen-bond acceptors (Lipinski definition) is 6. The number of methoxy groups -OCH3 is 1. The summed E-state index contributed by atoms with van der Waals surface area (Å²) in [6, 6.07) is 7.40. The number of ether oxygens (including phenoxy) is 2. The summed E-state index contributed by atoms with van der Waals surface area (Å²) in [6.45, 7) is -0.507. The van der Waals surface area contributed by atoms with E-state index < -0.39 is 18.5 Å². The number of rotatable bonds is 6. The molecule has 0 spiro atoms. The number of carbonyl (C=O) groups is 2. The minimum atomic E-state index is -1.11. The molecule has 2 N–H and O–H groups in total. The molecule has 2 aromatic rings. The first-order valence-electron chi connectivity index (χ1n) is 6.33. The molecular weight excluding hydrogens is 326 g/mol. The minimum Gasteiger partial charge on any atom is -0.480 e. The fourth-order valence-corrected chi connectivity index (χ4v) is 1.82. The number of benzene rings is 1. The first-order valence-corrected chi connectivity index (χ1v) is 6.70. The zero-order valence-corrected chi connectivity index (χ0v) is 12.7. The molecule has 120 valence electrons. The smallest absolute Gasteiger partial charge is 0.341 e. The van der Waals surface area contributed by atoms with Crippen LogP contribution in [0.15, 0.2) is 30.3 Å². The van der Waals surface area contributed by atoms with Crippen LogP contribution in [0.3, 0.4) is 0 Å². The number of carboxylic acids is 1. The third-order valence-corrected chi connectivity index (χ3v) is 2.92. The number of halogens is 1. The van der Waals surface area contributed by atoms with Crippen molar-refractivity contribution in [1.29, 1.82) is 0 Å². The Morgan fingerprint density at radius 1 is 1.26 bits per heavy atom. The van der Waals surface area contributed by atoms with Crippen molar-refractivity contribution in [3.63, 3.8) is 0 Å². The number of carboxylic acid groups (broad SMARTS) is 1. The van der Waals surface area contributed by atoms with E-state index in [1.54, 1.807) is 0 Å². The molecule has 0 aliphatic rings. The Kier molecular flexibility index (Phi) is 5.32. The van der Waals surface area contributed by atoms with Crippen molar-refractivity contribution >= 4 is 29.2 Å². The van der Waals surface area contributed by atoms with E-state index >= 15 is 0 Å². The molecule has 0 aliphatic heterocycles. The predicted molar refractivity (Wildman–Crippen MR) is 81.1 cm³/mol. The van der Waals surface area contributed by atoms with Gasteiger partial charge >= 0.3 is 5.97 Å². The van der Waals surface area contributed by atoms with Gasteiger partial charge in [-0.3, -0.25) is 4.79 Å². The van der Waals surface area contributed by atoms with E-state index in [1.165, 1.54) is 37.4 Å². The van der Waals surface area contributed by atoms with Gasteiger partial charge in [0, 0.05) is 11.8 Å². The van der Waals surface area contributed by atoms with Crippen molar-refractivity contribution in [2.45, 2.75) is 0 Å². The summed E-state index contributed by atoms with van der Waals surface area (Å²) < 4.78 is 9.85. The number of aliphatic carboxylic acids is 1. The van der Waals surface area contributed by atoms with Gasteiger partial charge in [0.1, 0.15) is 5.75 Å². The van der Waals surface area contributed by atoms with Crippen molar-refractivity contribution in [3.05, 3.63) is 41.0 Å². The number of nitrogens with one attached hydrogen (secondary N) is 1. The Hall–Kier alpha value is -2.87. The molecule has 0 saturated carbocycles. The number of hydrogen-bond donors (Lipinski definition) is 2. The summed E-state index contributed by atoms with van der Waals surface area (Å²) in [5.41, 5.74) is 0.508. The van der Waals surface area contributed by atoms with Crippen LogP contribution in [0.25, 0.3) is 0 Å². The molecule has 23 heavy (non-hydrogen) atoms. The quantitative estimate of drug-likeness (QED) is 0.827. The van der Waals surface area contributed by atoms with Crippen molar-refractivity contribution in [1.82, 2.24) is 10.2 Å². The zero-order valence-electron chi connectivity index (χ0n) is 11.9. The van der Waals surface area contributed by atoms with Crippen molar-refractivity contribution in [2.24, 2.45) is 0 Å². The van der Waals surface area contributed by atoms with Crippen molar-refractivity contribution < 1.29 is 24.2 Å². The third-order valence-electron chi connectivity index (χ3n) is 2.62. The van der Waals surface area contributed by atoms with Crippen molar-refractivity contribution in [3.8, 4) is 11.6 Å². The van der Waals surface area contributed by atoms with Gasteiger partial charge in [-0.15, -0.1) is 10.2 Å². The van der Waals surface area contributed by atoms with E-state index in [-0.39, 0.29) is 16.5 Å². The Morgan fingerprint density at radius 3 is 2.61 bits per heavy atom. The van der Waals surface area contributed by atoms with Crippen LogP contribution in [0.2, 0.25) is 5.02 Å². The van der Waals surface area contributed by atoms with Gasteiger partial charge in [0.2, 0.25) is 5.88 Å². The Morgan fingerprint density at radius 2 is 2.04 bits per heavy atom. The molecule has 0 fully saturated rings. The number of nitrogens with zero attached hydrogens (tertiary/aromatic N) is 2. The molecule has 1 heterocycles. The summed E-state index contributed by atoms with van der Waals surface area (Å²) in [5, 5.41) is 18.7. The highest BCUT2D eigenvalue weighted by Gasteiger charge is 2.11. The molecule has 1 aromatic heterocycles. The molecule has 8 nitrogen and oxygen atoms in total. The fourth-order valence-electron chi connectivity index (χ4n) is 1.58. The number of aromatic nitrogens is 2. The molecule has 1 aromatic carbocycles. The highest BCUT2D eigenvalue weighted by Crippen LogP contribution is 2.27. The summed E-state index contributed by atoms with van der Waals surface area (Å²) >= 11 is 5.97. The lowest BCUT2D eigenvalue weighted by molar-refractivity contribution is -0.139. The molecule has 0 aliphatic carbocycles. The van der Waals surface area contributed by atoms with Crippen LogP contribution in [0.5, 0.6) is 11.6 Å². The van der Waals surface area contributed by atoms with Crippen LogP contribution in [-0.4, -0.2) is 40.9 Å². The molecule has 0 radical (unpaired) electrons. The fraction of sp³-hybridized carbons (Fsp3) is 0.143. The second-order valence-electron chi connectivity index (χ2n) is 4.24. The maximum absolute atomic E-state index is 12.0. The molecular formula is C14H12ClN3O5. The maximum Gasteiger partial charge on any atom is 0.341 e. The van der Waals surface area contributed by atoms with Crippen LogP contribution in [0, 0.1) is 0 Å². The van der Waals surface area contributed by atoms with Gasteiger partial charge < -0.3 is 19.9 Å². The summed E-state index contributed by atoms with van der Waals surface area (Å²) in [7, 11) is 1.44. The first-order chi connectivity index (χ1) is 11.0. The van der Waals surface area contributed by atoms with E-state index in [1.807, 2.05) is 0 Å². The zero-order chi connectivity index (χ0) is 16.8. The average Bonchev–Trinajstić information content (AvgIpc) is 2.54. The van der Waals surface area contributed by atoms with Crippen LogP contribution in [0.1, 0.15) is 10.5 Å². The number of carbonyl (C=O) groups excluding carboxylic acids is 1. The van der Waals surface area contributed by atoms with Crippen molar-refractivity contribution in [2.75, 3.05) is 19.0 Å². The third kappa shape index (κ3) is 4.55. The highest BCUT2D eigenvalue weighted by atomic mass is 35.5. The summed E-state index contributed by atoms with van der Waals surface area (Å²) in [5.74, 6) is -1.09. The van der Waals surface area contributed by atoms with Crippen LogP contribution in [0.4, 0.5) is 5.69 Å². The lowest BCUT2D eigenvalue weighted by atomic mass is 10.3. The lowest BCUT2D eigenvalue weighted by Gasteiger charge is -2.09. The van der Waals surface area contributed by atoms with Gasteiger partial charge in [0.05, 0.1) is 12.1 Å². The molecule has 0 atom stereocenters. The molecule has 0 saturated heterocycles. The molecule has 9 heteroatoms. The van der Waals surface area contributed by atoms with E-state index in [4.69, 9.17) is 26.2 Å². The van der Waals surface area contributed by atoms with Gasteiger partial charge in [-0.25, -0.2) is 4.79 Å². The van der Waals surface area contributed by atoms with E-state index in [9.17, 15) is 9.59 Å². The number of amides is 1. The van der Waals surface area contributed by atoms with E-state index in [2.05, 4.69) is 15.5 Å². The van der Waals surface area contributed by atoms with Gasteiger partial charge in [-0.1, -0.05) is 11.6 Å². The maximum atomic E-state index is 12.0. The summed E-state index contributed by atoms with van der Waals surface area (Å²) in [6.07, 6.45) is 0. The largest absolute Gasteiger partial charge is 0.480 e. The Balaban J connectivity index is 2.05. The first kappa shape index (κ1) is 16.5. The average molecular weight is 338 g/mol. The Labute approximate surface area is 136 Å². The van der Waals surface area contributed by atoms with Crippen LogP contribution >= 0.6 is 11.6 Å². The second-order valence-corrected chi connectivity index (χ2v) is 4.65. The topological polar surface area (TPSA) is 111 Å². The molecule has 1 amide bonds. The van der Waals surface area contributed by atoms with E-state index in [0.717, 1.165) is 0 Å². The number of anilines is 1. The molecule has 2 rings (SSSR count). The standard InChI is InChI=1S/C14H12ClN3O5/c1-22-12-5-3-10(17-18-12)14(21)16-8-2-4-11(9(15)6-8)23-7-13(19)20/h2-6H,7H2,1H3,(H,16,21)(H,19,20). The monoisotopic (exact) mass is 337 g/mol. The highest BCUT2D eigenvalue weighted by molar-refractivity contribution is 6.32. The minimum absolute atomic E-state index is 0.105. The van der Waals surface area contributed by atoms with E-state index in [0.29, 0.717) is 11.6 Å². The second kappa shape index (κ2) is 7.41. The summed E-state index contributed by atoms with van der Waals surface area (Å²) in [4.78, 5) is 22.5. The molecule has 0 unspecified atom stereocenters. The molecule has 0 bridgehead atoms. The van der Waals surface area contributed by atoms with Gasteiger partial charge in [0.15, 0.2) is 12.3 Å². The van der Waals surface area contributed by atoms with Crippen LogP contribution in [-0.2, 0) is 4.79 Å². The Bertz CT molecular complexity index is 721. The van der Waals surface area contributed by atoms with Gasteiger partial charge in [0.25, 0.3) is 5.91 Å². The van der Waals surface area contributed by atoms with Gasteiger partial charge in [-0.05, 0) is 24.3 Å². The van der Waals surface area contributed by atoms with Gasteiger partial charge in [-0.2, -0.15) is 0 Å². The predicted octanol–water partition coefficient (Wildman–Crippen LogP) is 1.85. The van der Waals surface area contributed by atoms with Crippen LogP contribution < -0.4 is 14.8 Å².